The average Bonchev–Trinajstić information content (AvgIpc) is 2.92. The van der Waals surface area contributed by atoms with Crippen LogP contribution in [0.3, 0.4) is 0 Å². The van der Waals surface area contributed by atoms with Crippen LogP contribution in [0.4, 0.5) is 11.4 Å². The van der Waals surface area contributed by atoms with Gasteiger partial charge in [0.25, 0.3) is 5.91 Å². The van der Waals surface area contributed by atoms with Gasteiger partial charge in [0.2, 0.25) is 0 Å². The monoisotopic (exact) mass is 291 g/mol. The standard InChI is InChI=1S/C16H25N3O2/c1-18(2)16(21)12-7-8-15(14(17)11-12)19-9-3-5-13(19)6-4-10-20/h7-8,11,13,20H,3-6,9-10,17H2,1-2H3. The van der Waals surface area contributed by atoms with E-state index in [9.17, 15) is 4.79 Å². The molecule has 1 aromatic carbocycles. The Hall–Kier alpha value is -1.75. The molecule has 116 valence electrons. The smallest absolute Gasteiger partial charge is 0.253 e. The molecule has 1 fully saturated rings. The number of rotatable bonds is 5. The van der Waals surface area contributed by atoms with Crippen molar-refractivity contribution < 1.29 is 9.90 Å². The molecule has 1 aromatic rings. The van der Waals surface area contributed by atoms with E-state index < -0.39 is 0 Å². The Bertz CT molecular complexity index is 502. The number of nitrogens with two attached hydrogens (primary N) is 1. The number of hydrogen-bond donors (Lipinski definition) is 2. The zero-order valence-corrected chi connectivity index (χ0v) is 12.9. The molecule has 1 aliphatic rings. The maximum atomic E-state index is 12.0. The highest BCUT2D eigenvalue weighted by molar-refractivity contribution is 5.95. The van der Waals surface area contributed by atoms with Gasteiger partial charge in [0.1, 0.15) is 0 Å². The molecule has 0 aromatic heterocycles. The fourth-order valence-electron chi connectivity index (χ4n) is 2.99. The molecule has 0 aliphatic carbocycles. The number of nitrogen functional groups attached to an aromatic ring is 1. The summed E-state index contributed by atoms with van der Waals surface area (Å²) in [5.74, 6) is -0.0356. The van der Waals surface area contributed by atoms with Gasteiger partial charge in [-0.05, 0) is 43.9 Å². The average molecular weight is 291 g/mol. The fourth-order valence-corrected chi connectivity index (χ4v) is 2.99. The van der Waals surface area contributed by atoms with Crippen LogP contribution >= 0.6 is 0 Å². The van der Waals surface area contributed by atoms with Crippen LogP contribution < -0.4 is 10.6 Å². The lowest BCUT2D eigenvalue weighted by Gasteiger charge is -2.28. The lowest BCUT2D eigenvalue weighted by molar-refractivity contribution is 0.0827. The van der Waals surface area contributed by atoms with Gasteiger partial charge in [-0.1, -0.05) is 0 Å². The van der Waals surface area contributed by atoms with Crippen LogP contribution in [0.25, 0.3) is 0 Å². The van der Waals surface area contributed by atoms with E-state index in [1.54, 1.807) is 25.1 Å². The second-order valence-electron chi connectivity index (χ2n) is 5.83. The van der Waals surface area contributed by atoms with Crippen LogP contribution in [0.1, 0.15) is 36.0 Å². The lowest BCUT2D eigenvalue weighted by Crippen LogP contribution is -2.30. The minimum absolute atomic E-state index is 0.0356. The summed E-state index contributed by atoms with van der Waals surface area (Å²) in [6.07, 6.45) is 4.08. The van der Waals surface area contributed by atoms with Gasteiger partial charge in [0.05, 0.1) is 11.4 Å². The van der Waals surface area contributed by atoms with Crippen LogP contribution in [0.2, 0.25) is 0 Å². The topological polar surface area (TPSA) is 69.8 Å². The van der Waals surface area contributed by atoms with E-state index in [4.69, 9.17) is 10.8 Å². The molecule has 21 heavy (non-hydrogen) atoms. The van der Waals surface area contributed by atoms with Crippen LogP contribution in [0.5, 0.6) is 0 Å². The first-order valence-electron chi connectivity index (χ1n) is 7.53. The van der Waals surface area contributed by atoms with Gasteiger partial charge in [-0.15, -0.1) is 0 Å². The van der Waals surface area contributed by atoms with Crippen LogP contribution in [0.15, 0.2) is 18.2 Å². The van der Waals surface area contributed by atoms with E-state index in [0.717, 1.165) is 37.9 Å². The van der Waals surface area contributed by atoms with Gasteiger partial charge in [-0.2, -0.15) is 0 Å². The molecular weight excluding hydrogens is 266 g/mol. The molecule has 1 saturated heterocycles. The molecule has 3 N–H and O–H groups in total. The number of carbonyl (C=O) groups excluding carboxylic acids is 1. The molecule has 0 radical (unpaired) electrons. The van der Waals surface area contributed by atoms with Crippen LogP contribution in [-0.2, 0) is 0 Å². The van der Waals surface area contributed by atoms with Crippen LogP contribution in [0, 0.1) is 0 Å². The maximum Gasteiger partial charge on any atom is 0.253 e. The second kappa shape index (κ2) is 6.80. The van der Waals surface area contributed by atoms with Gasteiger partial charge in [0, 0.05) is 38.9 Å². The van der Waals surface area contributed by atoms with E-state index in [-0.39, 0.29) is 12.5 Å². The molecule has 5 heteroatoms. The summed E-state index contributed by atoms with van der Waals surface area (Å²) in [4.78, 5) is 15.8. The summed E-state index contributed by atoms with van der Waals surface area (Å²) in [7, 11) is 3.47. The van der Waals surface area contributed by atoms with Crippen molar-refractivity contribution in [3.63, 3.8) is 0 Å². The number of anilines is 2. The van der Waals surface area contributed by atoms with Crippen molar-refractivity contribution in [2.24, 2.45) is 0 Å². The fraction of sp³-hybridized carbons (Fsp3) is 0.562. The molecular formula is C16H25N3O2. The Morgan fingerprint density at radius 3 is 2.86 bits per heavy atom. The SMILES string of the molecule is CN(C)C(=O)c1ccc(N2CCCC2CCCO)c(N)c1. The highest BCUT2D eigenvalue weighted by Gasteiger charge is 2.25. The largest absolute Gasteiger partial charge is 0.397 e. The summed E-state index contributed by atoms with van der Waals surface area (Å²) < 4.78 is 0. The molecule has 0 saturated carbocycles. The quantitative estimate of drug-likeness (QED) is 0.810. The summed E-state index contributed by atoms with van der Waals surface area (Å²) >= 11 is 0. The zero-order chi connectivity index (χ0) is 15.4. The Morgan fingerprint density at radius 2 is 2.24 bits per heavy atom. The second-order valence-corrected chi connectivity index (χ2v) is 5.83. The molecule has 1 unspecified atom stereocenters. The predicted molar refractivity (Wildman–Crippen MR) is 85.6 cm³/mol. The van der Waals surface area contributed by atoms with Crippen molar-refractivity contribution in [1.82, 2.24) is 4.90 Å². The third-order valence-corrected chi connectivity index (χ3v) is 4.06. The minimum atomic E-state index is -0.0356. The minimum Gasteiger partial charge on any atom is -0.397 e. The summed E-state index contributed by atoms with van der Waals surface area (Å²) in [6.45, 7) is 1.22. The molecule has 5 nitrogen and oxygen atoms in total. The van der Waals surface area contributed by atoms with E-state index in [1.807, 2.05) is 12.1 Å². The van der Waals surface area contributed by atoms with Gasteiger partial charge in [-0.25, -0.2) is 0 Å². The molecule has 2 rings (SSSR count). The summed E-state index contributed by atoms with van der Waals surface area (Å²) in [6, 6.07) is 5.99. The number of benzene rings is 1. The van der Waals surface area contributed by atoms with E-state index >= 15 is 0 Å². The Morgan fingerprint density at radius 1 is 1.48 bits per heavy atom. The molecule has 1 heterocycles. The Balaban J connectivity index is 2.18. The van der Waals surface area contributed by atoms with Crippen molar-refractivity contribution in [3.8, 4) is 0 Å². The molecule has 0 bridgehead atoms. The van der Waals surface area contributed by atoms with Crippen molar-refractivity contribution in [2.75, 3.05) is 37.9 Å². The third kappa shape index (κ3) is 3.47. The summed E-state index contributed by atoms with van der Waals surface area (Å²) in [5, 5.41) is 9.00. The first-order valence-corrected chi connectivity index (χ1v) is 7.53. The molecule has 1 amide bonds. The maximum absolute atomic E-state index is 12.0. The van der Waals surface area contributed by atoms with Crippen molar-refractivity contribution in [3.05, 3.63) is 23.8 Å². The first-order chi connectivity index (χ1) is 10.0. The zero-order valence-electron chi connectivity index (χ0n) is 12.9. The number of hydrogen-bond acceptors (Lipinski definition) is 4. The van der Waals surface area contributed by atoms with Gasteiger partial charge >= 0.3 is 0 Å². The van der Waals surface area contributed by atoms with Gasteiger partial charge < -0.3 is 20.6 Å². The molecule has 1 aliphatic heterocycles. The molecule has 0 spiro atoms. The lowest BCUT2D eigenvalue weighted by atomic mass is 10.1. The van der Waals surface area contributed by atoms with E-state index in [0.29, 0.717) is 17.3 Å². The number of aliphatic hydroxyl groups is 1. The Kier molecular flexibility index (Phi) is 5.07. The van der Waals surface area contributed by atoms with E-state index in [2.05, 4.69) is 4.90 Å². The van der Waals surface area contributed by atoms with Gasteiger partial charge in [0.15, 0.2) is 0 Å². The molecule has 1 atom stereocenters. The highest BCUT2D eigenvalue weighted by atomic mass is 16.3. The normalized spacial score (nSPS) is 18.0. The first kappa shape index (κ1) is 15.6. The highest BCUT2D eigenvalue weighted by Crippen LogP contribution is 2.32. The van der Waals surface area contributed by atoms with E-state index in [1.165, 1.54) is 0 Å². The van der Waals surface area contributed by atoms with Crippen molar-refractivity contribution in [2.45, 2.75) is 31.7 Å². The number of aliphatic hydroxyl groups excluding tert-OH is 1. The van der Waals surface area contributed by atoms with Gasteiger partial charge in [-0.3, -0.25) is 4.79 Å². The third-order valence-electron chi connectivity index (χ3n) is 4.06. The number of carbonyl (C=O) groups is 1. The Labute approximate surface area is 126 Å². The summed E-state index contributed by atoms with van der Waals surface area (Å²) in [5.41, 5.74) is 8.44. The number of nitrogens with zero attached hydrogens (tertiary/aromatic N) is 2. The van der Waals surface area contributed by atoms with Crippen molar-refractivity contribution >= 4 is 17.3 Å². The predicted octanol–water partition coefficient (Wildman–Crippen LogP) is 1.71. The van der Waals surface area contributed by atoms with Crippen LogP contribution in [-0.4, -0.2) is 49.2 Å². The number of amides is 1. The van der Waals surface area contributed by atoms with Crippen molar-refractivity contribution in [1.29, 1.82) is 0 Å².